The molecule has 0 aliphatic heterocycles. The van der Waals surface area contributed by atoms with Gasteiger partial charge in [0.05, 0.1) is 6.20 Å². The van der Waals surface area contributed by atoms with E-state index in [1.165, 1.54) is 0 Å². The van der Waals surface area contributed by atoms with Crippen LogP contribution in [-0.2, 0) is 0 Å². The number of nitrogens with zero attached hydrogens (tertiary/aromatic N) is 2. The zero-order valence-electron chi connectivity index (χ0n) is 13.1. The minimum absolute atomic E-state index is 0.430. The number of anilines is 3. The smallest absolute Gasteiger partial charge is 0.299 e. The van der Waals surface area contributed by atoms with Crippen LogP contribution in [0.25, 0.3) is 5.57 Å². The van der Waals surface area contributed by atoms with Gasteiger partial charge in [0.2, 0.25) is 0 Å². The van der Waals surface area contributed by atoms with Gasteiger partial charge < -0.3 is 15.1 Å². The fourth-order valence-corrected chi connectivity index (χ4v) is 1.86. The summed E-state index contributed by atoms with van der Waals surface area (Å²) in [6.07, 6.45) is 6.72. The van der Waals surface area contributed by atoms with Crippen molar-refractivity contribution in [2.45, 2.75) is 13.8 Å². The van der Waals surface area contributed by atoms with Crippen LogP contribution in [0, 0.1) is 6.92 Å². The summed E-state index contributed by atoms with van der Waals surface area (Å²) in [4.78, 5) is 8.32. The first-order valence-corrected chi connectivity index (χ1v) is 7.00. The fourth-order valence-electron chi connectivity index (χ4n) is 1.86. The average molecular weight is 296 g/mol. The summed E-state index contributed by atoms with van der Waals surface area (Å²) in [5.74, 6) is 0.616. The van der Waals surface area contributed by atoms with E-state index in [2.05, 4.69) is 27.2 Å². The van der Waals surface area contributed by atoms with Crippen molar-refractivity contribution in [1.29, 1.82) is 0 Å². The van der Waals surface area contributed by atoms with Gasteiger partial charge in [0.1, 0.15) is 0 Å². The van der Waals surface area contributed by atoms with E-state index >= 15 is 0 Å². The van der Waals surface area contributed by atoms with Crippen molar-refractivity contribution in [3.8, 4) is 0 Å². The van der Waals surface area contributed by atoms with Crippen molar-refractivity contribution in [2.24, 2.45) is 4.99 Å². The molecule has 0 saturated carbocycles. The van der Waals surface area contributed by atoms with Crippen LogP contribution in [0.4, 0.5) is 17.4 Å². The molecule has 0 amide bonds. The summed E-state index contributed by atoms with van der Waals surface area (Å²) < 4.78 is 5.71. The second-order valence-corrected chi connectivity index (χ2v) is 4.63. The molecule has 2 aromatic rings. The molecule has 0 fully saturated rings. The van der Waals surface area contributed by atoms with Crippen molar-refractivity contribution in [2.75, 3.05) is 17.7 Å². The standard InChI is InChI=1S/C17H20N4O/c1-5-13(10-19-6-2)16-11-20-17(22-16)21-15-9-14(18-4)8-7-12(15)3/h5-11,18H,1H2,2-4H3,(H,20,21)/b13-10+,19-6?. The Kier molecular flexibility index (Phi) is 5.14. The summed E-state index contributed by atoms with van der Waals surface area (Å²) in [5.41, 5.74) is 3.84. The van der Waals surface area contributed by atoms with Crippen LogP contribution < -0.4 is 10.6 Å². The van der Waals surface area contributed by atoms with E-state index in [0.29, 0.717) is 11.8 Å². The van der Waals surface area contributed by atoms with Gasteiger partial charge in [-0.1, -0.05) is 18.7 Å². The SMILES string of the molecule is C=C/C(=C\N=CC)c1cnc(Nc2cc(NC)ccc2C)o1. The lowest BCUT2D eigenvalue weighted by Gasteiger charge is -2.08. The summed E-state index contributed by atoms with van der Waals surface area (Å²) in [7, 11) is 1.88. The molecule has 0 unspecified atom stereocenters. The quantitative estimate of drug-likeness (QED) is 0.613. The minimum Gasteiger partial charge on any atom is -0.423 e. The lowest BCUT2D eigenvalue weighted by atomic mass is 10.2. The van der Waals surface area contributed by atoms with E-state index in [1.54, 1.807) is 24.7 Å². The predicted molar refractivity (Wildman–Crippen MR) is 92.9 cm³/mol. The third-order valence-electron chi connectivity index (χ3n) is 3.14. The highest BCUT2D eigenvalue weighted by Gasteiger charge is 2.08. The Balaban J connectivity index is 2.24. The van der Waals surface area contributed by atoms with Gasteiger partial charge in [-0.3, -0.25) is 4.99 Å². The second kappa shape index (κ2) is 7.26. The van der Waals surface area contributed by atoms with E-state index in [9.17, 15) is 0 Å². The van der Waals surface area contributed by atoms with Gasteiger partial charge in [-0.15, -0.1) is 0 Å². The third kappa shape index (κ3) is 3.63. The van der Waals surface area contributed by atoms with E-state index < -0.39 is 0 Å². The number of aromatic nitrogens is 1. The van der Waals surface area contributed by atoms with Crippen molar-refractivity contribution >= 4 is 29.2 Å². The predicted octanol–water partition coefficient (Wildman–Crippen LogP) is 4.39. The van der Waals surface area contributed by atoms with Gasteiger partial charge >= 0.3 is 0 Å². The highest BCUT2D eigenvalue weighted by Crippen LogP contribution is 2.26. The molecule has 0 aliphatic carbocycles. The van der Waals surface area contributed by atoms with Crippen LogP contribution in [0.5, 0.6) is 0 Å². The Bertz CT molecular complexity index is 713. The maximum absolute atomic E-state index is 5.71. The third-order valence-corrected chi connectivity index (χ3v) is 3.14. The number of allylic oxidation sites excluding steroid dienone is 2. The maximum atomic E-state index is 5.71. The van der Waals surface area contributed by atoms with Crippen LogP contribution in [0.1, 0.15) is 18.2 Å². The molecule has 0 atom stereocenters. The van der Waals surface area contributed by atoms with E-state index in [1.807, 2.05) is 39.1 Å². The second-order valence-electron chi connectivity index (χ2n) is 4.63. The van der Waals surface area contributed by atoms with Gasteiger partial charge in [-0.25, -0.2) is 4.98 Å². The van der Waals surface area contributed by atoms with Crippen LogP contribution in [0.2, 0.25) is 0 Å². The molecule has 5 heteroatoms. The van der Waals surface area contributed by atoms with Crippen molar-refractivity contribution in [1.82, 2.24) is 4.98 Å². The zero-order chi connectivity index (χ0) is 15.9. The molecule has 0 bridgehead atoms. The molecule has 2 N–H and O–H groups in total. The van der Waals surface area contributed by atoms with Crippen LogP contribution in [0.3, 0.4) is 0 Å². The van der Waals surface area contributed by atoms with Crippen LogP contribution in [-0.4, -0.2) is 18.2 Å². The summed E-state index contributed by atoms with van der Waals surface area (Å²) in [6.45, 7) is 7.64. The molecular formula is C17H20N4O. The molecule has 1 aromatic heterocycles. The minimum atomic E-state index is 0.430. The largest absolute Gasteiger partial charge is 0.423 e. The fraction of sp³-hybridized carbons (Fsp3) is 0.176. The van der Waals surface area contributed by atoms with Gasteiger partial charge in [0, 0.05) is 36.4 Å². The van der Waals surface area contributed by atoms with E-state index in [-0.39, 0.29) is 0 Å². The number of hydrogen-bond donors (Lipinski definition) is 2. The number of rotatable bonds is 6. The van der Waals surface area contributed by atoms with Crippen LogP contribution in [0.15, 0.2) is 52.7 Å². The van der Waals surface area contributed by atoms with Gasteiger partial charge in [0.25, 0.3) is 6.01 Å². The Morgan fingerprint density at radius 1 is 1.41 bits per heavy atom. The lowest BCUT2D eigenvalue weighted by Crippen LogP contribution is -1.95. The summed E-state index contributed by atoms with van der Waals surface area (Å²) in [6, 6.07) is 6.48. The van der Waals surface area contributed by atoms with E-state index in [0.717, 1.165) is 22.5 Å². The van der Waals surface area contributed by atoms with Crippen molar-refractivity contribution in [3.05, 3.63) is 54.6 Å². The molecule has 1 heterocycles. The Labute approximate surface area is 130 Å². The first-order chi connectivity index (χ1) is 10.7. The zero-order valence-corrected chi connectivity index (χ0v) is 13.1. The maximum Gasteiger partial charge on any atom is 0.299 e. The molecule has 1 aromatic carbocycles. The highest BCUT2D eigenvalue weighted by molar-refractivity contribution is 5.72. The van der Waals surface area contributed by atoms with Gasteiger partial charge in [-0.2, -0.15) is 0 Å². The van der Waals surface area contributed by atoms with Crippen molar-refractivity contribution < 1.29 is 4.42 Å². The Morgan fingerprint density at radius 3 is 2.91 bits per heavy atom. The highest BCUT2D eigenvalue weighted by atomic mass is 16.4. The summed E-state index contributed by atoms with van der Waals surface area (Å²) >= 11 is 0. The van der Waals surface area contributed by atoms with Gasteiger partial charge in [-0.05, 0) is 31.5 Å². The topological polar surface area (TPSA) is 62.5 Å². The molecule has 114 valence electrons. The molecule has 0 spiro atoms. The first kappa shape index (κ1) is 15.6. The molecule has 0 radical (unpaired) electrons. The van der Waals surface area contributed by atoms with Crippen molar-refractivity contribution in [3.63, 3.8) is 0 Å². The normalized spacial score (nSPS) is 11.7. The number of oxazole rings is 1. The Hall–Kier alpha value is -2.82. The lowest BCUT2D eigenvalue weighted by molar-refractivity contribution is 0.565. The molecule has 0 aliphatic rings. The summed E-state index contributed by atoms with van der Waals surface area (Å²) in [5, 5.41) is 6.29. The molecule has 0 saturated heterocycles. The number of aliphatic imine (C=N–C) groups is 1. The first-order valence-electron chi connectivity index (χ1n) is 7.00. The monoisotopic (exact) mass is 296 g/mol. The number of aryl methyl sites for hydroxylation is 1. The average Bonchev–Trinajstić information content (AvgIpc) is 2.99. The molecule has 5 nitrogen and oxygen atoms in total. The molecule has 22 heavy (non-hydrogen) atoms. The number of nitrogens with one attached hydrogen (secondary N) is 2. The number of hydrogen-bond acceptors (Lipinski definition) is 5. The van der Waals surface area contributed by atoms with Crippen LogP contribution >= 0.6 is 0 Å². The number of benzene rings is 1. The molecule has 2 rings (SSSR count). The van der Waals surface area contributed by atoms with E-state index in [4.69, 9.17) is 4.42 Å². The molecular weight excluding hydrogens is 276 g/mol. The Morgan fingerprint density at radius 2 is 2.23 bits per heavy atom. The van der Waals surface area contributed by atoms with Gasteiger partial charge in [0.15, 0.2) is 5.76 Å².